The summed E-state index contributed by atoms with van der Waals surface area (Å²) in [6, 6.07) is 5.48. The molecule has 30 heavy (non-hydrogen) atoms. The molecule has 7 heteroatoms. The highest BCUT2D eigenvalue weighted by Crippen LogP contribution is 2.33. The van der Waals surface area contributed by atoms with Gasteiger partial charge in [-0.15, -0.1) is 0 Å². The number of anilines is 1. The number of likely N-dealkylation sites (tertiary alicyclic amines) is 2. The average Bonchev–Trinajstić information content (AvgIpc) is 2.76. The van der Waals surface area contributed by atoms with Gasteiger partial charge in [0.15, 0.2) is 5.11 Å². The summed E-state index contributed by atoms with van der Waals surface area (Å²) >= 11 is 17.7. The van der Waals surface area contributed by atoms with E-state index in [4.69, 9.17) is 35.4 Å². The Morgan fingerprint density at radius 2 is 1.63 bits per heavy atom. The highest BCUT2D eigenvalue weighted by molar-refractivity contribution is 7.80. The number of benzene rings is 1. The Morgan fingerprint density at radius 3 is 2.17 bits per heavy atom. The predicted octanol–water partition coefficient (Wildman–Crippen LogP) is 6.08. The fourth-order valence-electron chi connectivity index (χ4n) is 4.81. The van der Waals surface area contributed by atoms with Crippen molar-refractivity contribution in [1.82, 2.24) is 9.80 Å². The molecule has 0 bridgehead atoms. The topological polar surface area (TPSA) is 35.6 Å². The SMILES string of the molecule is CCCC(C)C(=O)N1CCC(C2CCN(C(=S)Nc3ccc(Cl)c(Cl)c3)CC2)CC1. The van der Waals surface area contributed by atoms with Crippen molar-refractivity contribution in [2.75, 3.05) is 31.5 Å². The Labute approximate surface area is 196 Å². The van der Waals surface area contributed by atoms with Crippen LogP contribution in [0.5, 0.6) is 0 Å². The molecule has 0 aromatic heterocycles. The molecule has 0 aliphatic carbocycles. The van der Waals surface area contributed by atoms with Gasteiger partial charge < -0.3 is 15.1 Å². The Morgan fingerprint density at radius 1 is 1.07 bits per heavy atom. The largest absolute Gasteiger partial charge is 0.349 e. The van der Waals surface area contributed by atoms with Crippen molar-refractivity contribution in [3.63, 3.8) is 0 Å². The lowest BCUT2D eigenvalue weighted by atomic mass is 9.78. The molecular formula is C23H33Cl2N3OS. The van der Waals surface area contributed by atoms with Crippen molar-refractivity contribution in [2.24, 2.45) is 17.8 Å². The van der Waals surface area contributed by atoms with Crippen LogP contribution in [-0.4, -0.2) is 47.0 Å². The maximum atomic E-state index is 12.6. The van der Waals surface area contributed by atoms with Crippen LogP contribution in [0.1, 0.15) is 52.4 Å². The molecule has 1 amide bonds. The number of thiocarbonyl (C=S) groups is 1. The first kappa shape index (κ1) is 23.6. The van der Waals surface area contributed by atoms with Gasteiger partial charge in [0.1, 0.15) is 0 Å². The number of halogens is 2. The summed E-state index contributed by atoms with van der Waals surface area (Å²) in [5.74, 6) is 1.98. The van der Waals surface area contributed by atoms with Crippen LogP contribution in [0.2, 0.25) is 10.0 Å². The Kier molecular flexibility index (Phi) is 8.67. The Hall–Kier alpha value is -1.04. The number of rotatable bonds is 5. The van der Waals surface area contributed by atoms with E-state index in [1.807, 2.05) is 6.07 Å². The summed E-state index contributed by atoms with van der Waals surface area (Å²) in [4.78, 5) is 16.9. The summed E-state index contributed by atoms with van der Waals surface area (Å²) < 4.78 is 0. The molecule has 1 aromatic rings. The van der Waals surface area contributed by atoms with Crippen molar-refractivity contribution in [3.05, 3.63) is 28.2 Å². The molecule has 0 saturated carbocycles. The van der Waals surface area contributed by atoms with Crippen LogP contribution in [0.4, 0.5) is 5.69 Å². The van der Waals surface area contributed by atoms with Crippen molar-refractivity contribution in [1.29, 1.82) is 0 Å². The lowest BCUT2D eigenvalue weighted by Gasteiger charge is -2.41. The Balaban J connectivity index is 1.43. The third-order valence-corrected chi connectivity index (χ3v) is 7.76. The molecule has 1 N–H and O–H groups in total. The van der Waals surface area contributed by atoms with Crippen LogP contribution in [0.15, 0.2) is 18.2 Å². The van der Waals surface area contributed by atoms with Gasteiger partial charge in [0.25, 0.3) is 0 Å². The second kappa shape index (κ2) is 11.0. The minimum Gasteiger partial charge on any atom is -0.349 e. The standard InChI is InChI=1S/C23H33Cl2N3OS/c1-3-4-16(2)22(29)27-11-7-17(8-12-27)18-9-13-28(14-10-18)23(30)26-19-5-6-20(24)21(25)15-19/h5-6,15-18H,3-4,7-14H2,1-2H3,(H,26,30). The number of hydrogen-bond donors (Lipinski definition) is 1. The summed E-state index contributed by atoms with van der Waals surface area (Å²) in [5, 5.41) is 5.10. The normalized spacial score (nSPS) is 19.6. The number of piperidine rings is 2. The molecule has 2 fully saturated rings. The van der Waals surface area contributed by atoms with Crippen molar-refractivity contribution in [3.8, 4) is 0 Å². The molecule has 0 radical (unpaired) electrons. The molecule has 4 nitrogen and oxygen atoms in total. The number of amides is 1. The molecule has 1 atom stereocenters. The molecule has 1 unspecified atom stereocenters. The van der Waals surface area contributed by atoms with Crippen LogP contribution >= 0.6 is 35.4 Å². The van der Waals surface area contributed by atoms with Gasteiger partial charge in [0, 0.05) is 37.8 Å². The number of hydrogen-bond acceptors (Lipinski definition) is 2. The van der Waals surface area contributed by atoms with Gasteiger partial charge in [-0.3, -0.25) is 4.79 Å². The summed E-state index contributed by atoms with van der Waals surface area (Å²) in [6.45, 7) is 8.02. The maximum Gasteiger partial charge on any atom is 0.225 e. The second-order valence-electron chi connectivity index (χ2n) is 8.74. The number of nitrogens with zero attached hydrogens (tertiary/aromatic N) is 2. The van der Waals surface area contributed by atoms with Crippen LogP contribution in [0, 0.1) is 17.8 Å². The van der Waals surface area contributed by atoms with Gasteiger partial charge in [-0.05, 0) is 74.4 Å². The first-order chi connectivity index (χ1) is 14.4. The fourth-order valence-corrected chi connectivity index (χ4v) is 5.41. The lowest BCUT2D eigenvalue weighted by molar-refractivity contribution is -0.137. The molecule has 2 aliphatic rings. The first-order valence-electron chi connectivity index (χ1n) is 11.2. The van der Waals surface area contributed by atoms with Gasteiger partial charge >= 0.3 is 0 Å². The van der Waals surface area contributed by atoms with Crippen molar-refractivity contribution < 1.29 is 4.79 Å². The van der Waals surface area contributed by atoms with Gasteiger partial charge in [0.05, 0.1) is 10.0 Å². The minimum atomic E-state index is 0.166. The van der Waals surface area contributed by atoms with Crippen molar-refractivity contribution >= 4 is 52.1 Å². The highest BCUT2D eigenvalue weighted by atomic mass is 35.5. The van der Waals surface area contributed by atoms with Gasteiger partial charge in [-0.1, -0.05) is 43.5 Å². The Bertz CT molecular complexity index is 744. The number of carbonyl (C=O) groups is 1. The number of nitrogens with one attached hydrogen (secondary N) is 1. The maximum absolute atomic E-state index is 12.6. The molecule has 2 saturated heterocycles. The zero-order chi connectivity index (χ0) is 21.7. The van der Waals surface area contributed by atoms with Crippen molar-refractivity contribution in [2.45, 2.75) is 52.4 Å². The summed E-state index contributed by atoms with van der Waals surface area (Å²) in [6.07, 6.45) is 6.67. The van der Waals surface area contributed by atoms with E-state index in [0.717, 1.165) is 87.3 Å². The zero-order valence-electron chi connectivity index (χ0n) is 18.0. The molecule has 2 aliphatic heterocycles. The third kappa shape index (κ3) is 6.02. The average molecular weight is 471 g/mol. The van der Waals surface area contributed by atoms with E-state index < -0.39 is 0 Å². The van der Waals surface area contributed by atoms with E-state index in [1.54, 1.807) is 12.1 Å². The number of carbonyl (C=O) groups excluding carboxylic acids is 1. The van der Waals surface area contributed by atoms with E-state index in [0.29, 0.717) is 16.0 Å². The van der Waals surface area contributed by atoms with Crippen LogP contribution < -0.4 is 5.32 Å². The molecule has 2 heterocycles. The van der Waals surface area contributed by atoms with Gasteiger partial charge in [-0.2, -0.15) is 0 Å². The summed E-state index contributed by atoms with van der Waals surface area (Å²) in [5.41, 5.74) is 0.867. The van der Waals surface area contributed by atoms with Gasteiger partial charge in [0.2, 0.25) is 5.91 Å². The zero-order valence-corrected chi connectivity index (χ0v) is 20.3. The second-order valence-corrected chi connectivity index (χ2v) is 9.94. The van der Waals surface area contributed by atoms with E-state index in [2.05, 4.69) is 29.0 Å². The summed E-state index contributed by atoms with van der Waals surface area (Å²) in [7, 11) is 0. The van der Waals surface area contributed by atoms with E-state index >= 15 is 0 Å². The molecule has 0 spiro atoms. The van der Waals surface area contributed by atoms with Crippen LogP contribution in [0.25, 0.3) is 0 Å². The molecule has 1 aromatic carbocycles. The van der Waals surface area contributed by atoms with E-state index in [1.165, 1.54) is 0 Å². The van der Waals surface area contributed by atoms with Gasteiger partial charge in [-0.25, -0.2) is 0 Å². The smallest absolute Gasteiger partial charge is 0.225 e. The van der Waals surface area contributed by atoms with E-state index in [9.17, 15) is 4.79 Å². The molecular weight excluding hydrogens is 437 g/mol. The third-order valence-electron chi connectivity index (χ3n) is 6.66. The molecule has 166 valence electrons. The van der Waals surface area contributed by atoms with E-state index in [-0.39, 0.29) is 5.92 Å². The minimum absolute atomic E-state index is 0.166. The fraction of sp³-hybridized carbons (Fsp3) is 0.652. The molecule has 3 rings (SSSR count). The highest BCUT2D eigenvalue weighted by Gasteiger charge is 2.32. The lowest BCUT2D eigenvalue weighted by Crippen LogP contribution is -2.45. The van der Waals surface area contributed by atoms with Crippen LogP contribution in [0.3, 0.4) is 0 Å². The monoisotopic (exact) mass is 469 g/mol. The predicted molar refractivity (Wildman–Crippen MR) is 130 cm³/mol. The first-order valence-corrected chi connectivity index (χ1v) is 12.3. The van der Waals surface area contributed by atoms with Crippen LogP contribution in [-0.2, 0) is 4.79 Å². The quantitative estimate of drug-likeness (QED) is 0.530.